The van der Waals surface area contributed by atoms with E-state index in [9.17, 15) is 9.59 Å². The molecule has 4 heteroatoms. The van der Waals surface area contributed by atoms with Gasteiger partial charge in [-0.05, 0) is 26.2 Å². The molecule has 2 amide bonds. The molecule has 0 aromatic carbocycles. The highest BCUT2D eigenvalue weighted by Crippen LogP contribution is 2.04. The van der Waals surface area contributed by atoms with E-state index in [1.807, 2.05) is 27.7 Å². The first-order valence-electron chi connectivity index (χ1n) is 4.97. The van der Waals surface area contributed by atoms with E-state index in [1.54, 1.807) is 0 Å². The van der Waals surface area contributed by atoms with Crippen molar-refractivity contribution in [2.45, 2.75) is 46.2 Å². The summed E-state index contributed by atoms with van der Waals surface area (Å²) in [5, 5.41) is 5.30. The van der Waals surface area contributed by atoms with Crippen molar-refractivity contribution in [1.29, 1.82) is 0 Å². The quantitative estimate of drug-likeness (QED) is 0.619. The van der Waals surface area contributed by atoms with Gasteiger partial charge < -0.3 is 10.6 Å². The Labute approximate surface area is 85.4 Å². The van der Waals surface area contributed by atoms with E-state index in [0.717, 1.165) is 0 Å². The number of hydrogen-bond donors (Lipinski definition) is 2. The van der Waals surface area contributed by atoms with Crippen molar-refractivity contribution >= 4 is 12.3 Å². The van der Waals surface area contributed by atoms with Crippen molar-refractivity contribution in [2.75, 3.05) is 0 Å². The Morgan fingerprint density at radius 2 is 1.86 bits per heavy atom. The van der Waals surface area contributed by atoms with Crippen LogP contribution in [-0.2, 0) is 9.59 Å². The fourth-order valence-corrected chi connectivity index (χ4v) is 1.19. The van der Waals surface area contributed by atoms with E-state index in [2.05, 4.69) is 10.6 Å². The minimum atomic E-state index is -0.408. The molecule has 4 nitrogen and oxygen atoms in total. The second-order valence-corrected chi connectivity index (χ2v) is 4.13. The molecule has 0 aromatic rings. The van der Waals surface area contributed by atoms with Crippen LogP contribution in [0.15, 0.2) is 0 Å². The van der Waals surface area contributed by atoms with Crippen molar-refractivity contribution in [3.05, 3.63) is 0 Å². The number of carbonyl (C=O) groups is 2. The van der Waals surface area contributed by atoms with Gasteiger partial charge in [0.05, 0.1) is 0 Å². The van der Waals surface area contributed by atoms with Gasteiger partial charge >= 0.3 is 0 Å². The average molecular weight is 200 g/mol. The molecule has 2 N–H and O–H groups in total. The minimum absolute atomic E-state index is 0.102. The topological polar surface area (TPSA) is 58.2 Å². The van der Waals surface area contributed by atoms with E-state index in [1.165, 1.54) is 0 Å². The summed E-state index contributed by atoms with van der Waals surface area (Å²) >= 11 is 0. The van der Waals surface area contributed by atoms with E-state index >= 15 is 0 Å². The third-order valence-electron chi connectivity index (χ3n) is 1.72. The monoisotopic (exact) mass is 200 g/mol. The molecular weight excluding hydrogens is 180 g/mol. The van der Waals surface area contributed by atoms with Gasteiger partial charge in [-0.1, -0.05) is 13.8 Å². The van der Waals surface area contributed by atoms with Gasteiger partial charge in [-0.15, -0.1) is 0 Å². The lowest BCUT2D eigenvalue weighted by Gasteiger charge is -2.19. The number of rotatable bonds is 6. The van der Waals surface area contributed by atoms with Crippen molar-refractivity contribution in [2.24, 2.45) is 5.92 Å². The molecule has 0 aliphatic heterocycles. The first-order chi connectivity index (χ1) is 6.47. The molecule has 0 aromatic heterocycles. The normalized spacial score (nSPS) is 12.7. The summed E-state index contributed by atoms with van der Waals surface area (Å²) in [7, 11) is 0. The highest BCUT2D eigenvalue weighted by atomic mass is 16.2. The maximum atomic E-state index is 11.5. The Kier molecular flexibility index (Phi) is 5.92. The summed E-state index contributed by atoms with van der Waals surface area (Å²) in [6, 6.07) is -0.305. The Hall–Kier alpha value is -1.06. The van der Waals surface area contributed by atoms with E-state index < -0.39 is 6.04 Å². The van der Waals surface area contributed by atoms with E-state index in [-0.39, 0.29) is 11.9 Å². The smallest absolute Gasteiger partial charge is 0.242 e. The predicted octanol–water partition coefficient (Wildman–Crippen LogP) is 0.672. The number of nitrogens with one attached hydrogen (secondary N) is 2. The first kappa shape index (κ1) is 12.9. The van der Waals surface area contributed by atoms with Crippen LogP contribution in [0.25, 0.3) is 0 Å². The van der Waals surface area contributed by atoms with Gasteiger partial charge in [0.25, 0.3) is 0 Å². The SMILES string of the molecule is CC(C)C[C@H](NC=O)C(=O)NC(C)C. The molecule has 0 spiro atoms. The summed E-state index contributed by atoms with van der Waals surface area (Å²) in [6.45, 7) is 7.82. The summed E-state index contributed by atoms with van der Waals surface area (Å²) < 4.78 is 0. The van der Waals surface area contributed by atoms with Crippen LogP contribution >= 0.6 is 0 Å². The second-order valence-electron chi connectivity index (χ2n) is 4.13. The molecule has 0 aliphatic rings. The van der Waals surface area contributed by atoms with Crippen LogP contribution in [0, 0.1) is 5.92 Å². The fraction of sp³-hybridized carbons (Fsp3) is 0.800. The Balaban J connectivity index is 4.17. The highest BCUT2D eigenvalue weighted by Gasteiger charge is 2.18. The van der Waals surface area contributed by atoms with Crippen LogP contribution in [0.4, 0.5) is 0 Å². The summed E-state index contributed by atoms with van der Waals surface area (Å²) in [5.74, 6) is 0.270. The zero-order chi connectivity index (χ0) is 11.1. The molecule has 0 saturated heterocycles. The van der Waals surface area contributed by atoms with Gasteiger partial charge in [0.1, 0.15) is 6.04 Å². The van der Waals surface area contributed by atoms with Gasteiger partial charge in [-0.25, -0.2) is 0 Å². The molecule has 82 valence electrons. The largest absolute Gasteiger partial charge is 0.352 e. The lowest BCUT2D eigenvalue weighted by Crippen LogP contribution is -2.46. The molecule has 0 rings (SSSR count). The van der Waals surface area contributed by atoms with Crippen molar-refractivity contribution in [3.8, 4) is 0 Å². The van der Waals surface area contributed by atoms with Crippen LogP contribution in [0.5, 0.6) is 0 Å². The van der Waals surface area contributed by atoms with Crippen LogP contribution in [0.2, 0.25) is 0 Å². The molecule has 0 fully saturated rings. The van der Waals surface area contributed by atoms with Crippen LogP contribution in [-0.4, -0.2) is 24.4 Å². The highest BCUT2D eigenvalue weighted by molar-refractivity contribution is 5.83. The molecule has 0 saturated carbocycles. The predicted molar refractivity (Wildman–Crippen MR) is 55.7 cm³/mol. The standard InChI is InChI=1S/C10H20N2O2/c1-7(2)5-9(11-6-13)10(14)12-8(3)4/h6-9H,5H2,1-4H3,(H,11,13)(H,12,14)/t9-/m0/s1. The number of carbonyl (C=O) groups excluding carboxylic acids is 2. The number of hydrogen-bond acceptors (Lipinski definition) is 2. The van der Waals surface area contributed by atoms with E-state index in [4.69, 9.17) is 0 Å². The maximum Gasteiger partial charge on any atom is 0.242 e. The minimum Gasteiger partial charge on any atom is -0.352 e. The Morgan fingerprint density at radius 3 is 2.21 bits per heavy atom. The van der Waals surface area contributed by atoms with Gasteiger partial charge in [-0.3, -0.25) is 9.59 Å². The molecular formula is C10H20N2O2. The third kappa shape index (κ3) is 5.56. The van der Waals surface area contributed by atoms with Crippen LogP contribution in [0.3, 0.4) is 0 Å². The molecule has 0 radical (unpaired) electrons. The van der Waals surface area contributed by atoms with Gasteiger partial charge in [0, 0.05) is 6.04 Å². The van der Waals surface area contributed by atoms with Crippen LogP contribution in [0.1, 0.15) is 34.1 Å². The van der Waals surface area contributed by atoms with Gasteiger partial charge in [0.2, 0.25) is 12.3 Å². The average Bonchev–Trinajstić information content (AvgIpc) is 2.01. The lowest BCUT2D eigenvalue weighted by molar-refractivity contribution is -0.126. The maximum absolute atomic E-state index is 11.5. The van der Waals surface area contributed by atoms with Crippen molar-refractivity contribution < 1.29 is 9.59 Å². The lowest BCUT2D eigenvalue weighted by atomic mass is 10.0. The summed E-state index contributed by atoms with van der Waals surface area (Å²) in [5.41, 5.74) is 0. The molecule has 0 heterocycles. The first-order valence-corrected chi connectivity index (χ1v) is 4.97. The van der Waals surface area contributed by atoms with Crippen molar-refractivity contribution in [3.63, 3.8) is 0 Å². The zero-order valence-corrected chi connectivity index (χ0v) is 9.33. The summed E-state index contributed by atoms with van der Waals surface area (Å²) in [4.78, 5) is 21.8. The molecule has 0 unspecified atom stereocenters. The summed E-state index contributed by atoms with van der Waals surface area (Å²) in [6.07, 6.45) is 1.24. The second kappa shape index (κ2) is 6.40. The molecule has 14 heavy (non-hydrogen) atoms. The number of amides is 2. The molecule has 0 aliphatic carbocycles. The van der Waals surface area contributed by atoms with Gasteiger partial charge in [0.15, 0.2) is 0 Å². The third-order valence-corrected chi connectivity index (χ3v) is 1.72. The van der Waals surface area contributed by atoms with Crippen LogP contribution < -0.4 is 10.6 Å². The Bertz CT molecular complexity index is 191. The molecule has 1 atom stereocenters. The van der Waals surface area contributed by atoms with Gasteiger partial charge in [-0.2, -0.15) is 0 Å². The Morgan fingerprint density at radius 1 is 1.29 bits per heavy atom. The van der Waals surface area contributed by atoms with Crippen molar-refractivity contribution in [1.82, 2.24) is 10.6 Å². The molecule has 0 bridgehead atoms. The fourth-order valence-electron chi connectivity index (χ4n) is 1.19. The zero-order valence-electron chi connectivity index (χ0n) is 9.33. The van der Waals surface area contributed by atoms with E-state index in [0.29, 0.717) is 18.7 Å².